The van der Waals surface area contributed by atoms with Crippen LogP contribution in [0.15, 0.2) is 12.2 Å². The van der Waals surface area contributed by atoms with Gasteiger partial charge < -0.3 is 5.11 Å². The van der Waals surface area contributed by atoms with Crippen molar-refractivity contribution in [3.63, 3.8) is 0 Å². The minimum absolute atomic E-state index is 0.0365. The van der Waals surface area contributed by atoms with E-state index in [9.17, 15) is 4.79 Å². The molecular formula is C10H14O2. The number of hydrogen-bond acceptors (Lipinski definition) is 1. The molecule has 66 valence electrons. The molecule has 2 bridgehead atoms. The third kappa shape index (κ3) is 0.780. The molecule has 0 spiro atoms. The van der Waals surface area contributed by atoms with Crippen LogP contribution < -0.4 is 0 Å². The average Bonchev–Trinajstić information content (AvgIpc) is 2.41. The molecule has 0 saturated heterocycles. The first-order valence-corrected chi connectivity index (χ1v) is 4.44. The van der Waals surface area contributed by atoms with Crippen molar-refractivity contribution >= 4 is 5.97 Å². The van der Waals surface area contributed by atoms with E-state index in [4.69, 9.17) is 5.11 Å². The number of carboxylic acid groups (broad SMARTS) is 1. The van der Waals surface area contributed by atoms with Gasteiger partial charge in [-0.05, 0) is 23.7 Å². The lowest BCUT2D eigenvalue weighted by Crippen LogP contribution is -2.34. The summed E-state index contributed by atoms with van der Waals surface area (Å²) < 4.78 is 0. The topological polar surface area (TPSA) is 37.3 Å². The number of carbonyl (C=O) groups is 1. The number of rotatable bonds is 1. The van der Waals surface area contributed by atoms with Gasteiger partial charge in [0.2, 0.25) is 0 Å². The summed E-state index contributed by atoms with van der Waals surface area (Å²) in [5, 5.41) is 9.04. The second-order valence-corrected chi connectivity index (χ2v) is 4.53. The fourth-order valence-corrected chi connectivity index (χ4v) is 2.81. The van der Waals surface area contributed by atoms with Crippen LogP contribution >= 0.6 is 0 Å². The van der Waals surface area contributed by atoms with Gasteiger partial charge in [0.05, 0.1) is 5.92 Å². The molecule has 1 N–H and O–H groups in total. The summed E-state index contributed by atoms with van der Waals surface area (Å²) in [5.41, 5.74) is -0.0365. The lowest BCUT2D eigenvalue weighted by atomic mass is 9.71. The van der Waals surface area contributed by atoms with E-state index in [-0.39, 0.29) is 11.3 Å². The Morgan fingerprint density at radius 1 is 1.50 bits per heavy atom. The number of allylic oxidation sites excluding steroid dienone is 2. The standard InChI is InChI=1S/C10H14O2/c1-10(2)7-4-3-6(5-7)8(10)9(11)12/h3-4,6-8H,5H2,1-2H3,(H,11,12). The van der Waals surface area contributed by atoms with Crippen molar-refractivity contribution in [3.8, 4) is 0 Å². The van der Waals surface area contributed by atoms with Crippen LogP contribution in [-0.2, 0) is 4.79 Å². The Labute approximate surface area is 72.3 Å². The fourth-order valence-electron chi connectivity index (χ4n) is 2.81. The third-order valence-electron chi connectivity index (χ3n) is 3.57. The highest BCUT2D eigenvalue weighted by Crippen LogP contribution is 2.55. The van der Waals surface area contributed by atoms with E-state index in [0.717, 1.165) is 6.42 Å². The van der Waals surface area contributed by atoms with E-state index in [0.29, 0.717) is 11.8 Å². The molecule has 0 radical (unpaired) electrons. The van der Waals surface area contributed by atoms with Crippen molar-refractivity contribution in [3.05, 3.63) is 12.2 Å². The zero-order chi connectivity index (χ0) is 8.93. The summed E-state index contributed by atoms with van der Waals surface area (Å²) in [7, 11) is 0. The molecule has 3 atom stereocenters. The van der Waals surface area contributed by atoms with E-state index in [1.54, 1.807) is 0 Å². The van der Waals surface area contributed by atoms with Crippen molar-refractivity contribution in [1.29, 1.82) is 0 Å². The summed E-state index contributed by atoms with van der Waals surface area (Å²) in [4.78, 5) is 11.0. The number of carboxylic acids is 1. The largest absolute Gasteiger partial charge is 0.481 e. The van der Waals surface area contributed by atoms with Gasteiger partial charge in [-0.2, -0.15) is 0 Å². The lowest BCUT2D eigenvalue weighted by molar-refractivity contribution is -0.146. The molecule has 2 rings (SSSR count). The molecule has 0 aromatic carbocycles. The predicted molar refractivity (Wildman–Crippen MR) is 45.6 cm³/mol. The molecule has 0 heterocycles. The maximum Gasteiger partial charge on any atom is 0.307 e. The van der Waals surface area contributed by atoms with Gasteiger partial charge >= 0.3 is 5.97 Å². The summed E-state index contributed by atoms with van der Waals surface area (Å²) in [6, 6.07) is 0. The number of aliphatic carboxylic acids is 1. The molecule has 1 fully saturated rings. The van der Waals surface area contributed by atoms with Gasteiger partial charge in [0, 0.05) is 0 Å². The summed E-state index contributed by atoms with van der Waals surface area (Å²) in [6.07, 6.45) is 5.31. The lowest BCUT2D eigenvalue weighted by Gasteiger charge is -2.32. The van der Waals surface area contributed by atoms with Crippen LogP contribution in [0, 0.1) is 23.2 Å². The third-order valence-corrected chi connectivity index (χ3v) is 3.57. The molecule has 2 aliphatic rings. The van der Waals surface area contributed by atoms with Crippen LogP contribution in [0.25, 0.3) is 0 Å². The van der Waals surface area contributed by atoms with Crippen LogP contribution in [0.1, 0.15) is 20.3 Å². The fraction of sp³-hybridized carbons (Fsp3) is 0.700. The van der Waals surface area contributed by atoms with Crippen molar-refractivity contribution in [2.75, 3.05) is 0 Å². The van der Waals surface area contributed by atoms with Gasteiger partial charge in [-0.15, -0.1) is 0 Å². The molecule has 2 aliphatic carbocycles. The first-order valence-electron chi connectivity index (χ1n) is 4.44. The minimum atomic E-state index is -0.628. The Balaban J connectivity index is 2.36. The van der Waals surface area contributed by atoms with E-state index in [2.05, 4.69) is 26.0 Å². The quantitative estimate of drug-likeness (QED) is 0.604. The van der Waals surface area contributed by atoms with Gasteiger partial charge in [-0.3, -0.25) is 4.79 Å². The van der Waals surface area contributed by atoms with Crippen LogP contribution in [0.3, 0.4) is 0 Å². The highest BCUT2D eigenvalue weighted by atomic mass is 16.4. The maximum absolute atomic E-state index is 11.0. The minimum Gasteiger partial charge on any atom is -0.481 e. The van der Waals surface area contributed by atoms with Crippen LogP contribution in [-0.4, -0.2) is 11.1 Å². The highest BCUT2D eigenvalue weighted by Gasteiger charge is 2.53. The first-order chi connectivity index (χ1) is 5.53. The normalized spacial score (nSPS) is 42.0. The first kappa shape index (κ1) is 7.84. The Bertz CT molecular complexity index is 253. The van der Waals surface area contributed by atoms with Crippen molar-refractivity contribution in [2.24, 2.45) is 23.2 Å². The average molecular weight is 166 g/mol. The second kappa shape index (κ2) is 2.12. The molecular weight excluding hydrogens is 152 g/mol. The van der Waals surface area contributed by atoms with Gasteiger partial charge in [0.25, 0.3) is 0 Å². The van der Waals surface area contributed by atoms with Crippen molar-refractivity contribution in [1.82, 2.24) is 0 Å². The molecule has 0 amide bonds. The molecule has 1 saturated carbocycles. The second-order valence-electron chi connectivity index (χ2n) is 4.53. The Hall–Kier alpha value is -0.790. The summed E-state index contributed by atoms with van der Waals surface area (Å²) in [5.74, 6) is -0.00421. The van der Waals surface area contributed by atoms with Crippen LogP contribution in [0.5, 0.6) is 0 Å². The van der Waals surface area contributed by atoms with E-state index >= 15 is 0 Å². The van der Waals surface area contributed by atoms with Crippen molar-refractivity contribution in [2.45, 2.75) is 20.3 Å². The molecule has 3 unspecified atom stereocenters. The zero-order valence-corrected chi connectivity index (χ0v) is 7.45. The maximum atomic E-state index is 11.0. The number of fused-ring (bicyclic) bond motifs is 2. The zero-order valence-electron chi connectivity index (χ0n) is 7.45. The van der Waals surface area contributed by atoms with Gasteiger partial charge in [0.15, 0.2) is 0 Å². The molecule has 2 nitrogen and oxygen atoms in total. The molecule has 0 aromatic rings. The van der Waals surface area contributed by atoms with E-state index in [1.807, 2.05) is 0 Å². The summed E-state index contributed by atoms with van der Waals surface area (Å²) >= 11 is 0. The molecule has 0 aliphatic heterocycles. The molecule has 12 heavy (non-hydrogen) atoms. The Morgan fingerprint density at radius 2 is 2.17 bits per heavy atom. The Morgan fingerprint density at radius 3 is 2.50 bits per heavy atom. The van der Waals surface area contributed by atoms with Crippen LogP contribution in [0.4, 0.5) is 0 Å². The van der Waals surface area contributed by atoms with Crippen molar-refractivity contribution < 1.29 is 9.90 Å². The number of hydrogen-bond donors (Lipinski definition) is 1. The summed E-state index contributed by atoms with van der Waals surface area (Å²) in [6.45, 7) is 4.14. The van der Waals surface area contributed by atoms with E-state index in [1.165, 1.54) is 0 Å². The SMILES string of the molecule is CC1(C)C2C=CC(C2)C1C(=O)O. The smallest absolute Gasteiger partial charge is 0.307 e. The molecule has 2 heteroatoms. The van der Waals surface area contributed by atoms with Gasteiger partial charge in [0.1, 0.15) is 0 Å². The molecule has 0 aromatic heterocycles. The highest BCUT2D eigenvalue weighted by molar-refractivity contribution is 5.73. The van der Waals surface area contributed by atoms with Crippen LogP contribution in [0.2, 0.25) is 0 Å². The predicted octanol–water partition coefficient (Wildman–Crippen LogP) is 1.92. The Kier molecular flexibility index (Phi) is 1.39. The van der Waals surface area contributed by atoms with Gasteiger partial charge in [-0.25, -0.2) is 0 Å². The van der Waals surface area contributed by atoms with Gasteiger partial charge in [-0.1, -0.05) is 26.0 Å². The monoisotopic (exact) mass is 166 g/mol. The van der Waals surface area contributed by atoms with E-state index < -0.39 is 5.97 Å².